The van der Waals surface area contributed by atoms with Gasteiger partial charge in [0.2, 0.25) is 0 Å². The first-order chi connectivity index (χ1) is 10.3. The fourth-order valence-electron chi connectivity index (χ4n) is 1.55. The van der Waals surface area contributed by atoms with Crippen molar-refractivity contribution >= 4 is 14.0 Å². The normalized spacial score (nSPS) is 18.5. The molecule has 0 rings (SSSR count). The number of amides is 1. The number of hydrogen-bond donors (Lipinski definition) is 6. The Hall–Kier alpha value is -0.773. The van der Waals surface area contributed by atoms with E-state index < -0.39 is 45.0 Å². The molecule has 0 aliphatic heterocycles. The van der Waals surface area contributed by atoms with Crippen molar-refractivity contribution in [2.75, 3.05) is 13.2 Å². The molecule has 0 radical (unpaired) electrons. The molecule has 136 valence electrons. The van der Waals surface area contributed by atoms with Crippen LogP contribution < -0.4 is 5.32 Å². The van der Waals surface area contributed by atoms with Gasteiger partial charge in [-0.1, -0.05) is 45.6 Å². The molecule has 6 N–H and O–H groups in total. The molecule has 8 heteroatoms. The van der Waals surface area contributed by atoms with E-state index in [1.165, 1.54) is 0 Å². The highest BCUT2D eigenvalue weighted by atomic mass is 28.3. The molecule has 0 fully saturated rings. The maximum atomic E-state index is 11.7. The molecule has 0 spiro atoms. The first-order valence-corrected chi connectivity index (χ1v) is 10.7. The third kappa shape index (κ3) is 6.70. The standard InChI is InChI=1S/C15H31NO6Si/c1-15(2,3)23(4,5)8-6-7-16-14(22)13(21)12(20)11(19)10(18)9-17/h6,8,10-13,17-21H,7,9H2,1-5H3,(H,16,22)/b8-6+/t10-,11-,12+,13-/m1/s1. The molecule has 23 heavy (non-hydrogen) atoms. The smallest absolute Gasteiger partial charge is 0.251 e. The number of aliphatic hydroxyl groups is 5. The van der Waals surface area contributed by atoms with E-state index in [9.17, 15) is 25.2 Å². The van der Waals surface area contributed by atoms with Crippen LogP contribution >= 0.6 is 0 Å². The first-order valence-electron chi connectivity index (χ1n) is 7.63. The molecule has 0 aromatic carbocycles. The number of hydrogen-bond acceptors (Lipinski definition) is 6. The zero-order chi connectivity index (χ0) is 18.4. The fraction of sp³-hybridized carbons (Fsp3) is 0.800. The Balaban J connectivity index is 4.51. The SMILES string of the molecule is CC(C)(C)[Si](C)(C)/C=C/CNC(=O)[C@H](O)[C@@H](O)[C@H](O)[C@H](O)CO. The quantitative estimate of drug-likeness (QED) is 0.316. The third-order valence-corrected chi connectivity index (χ3v) is 9.32. The number of nitrogens with one attached hydrogen (secondary N) is 1. The van der Waals surface area contributed by atoms with Gasteiger partial charge >= 0.3 is 0 Å². The maximum Gasteiger partial charge on any atom is 0.251 e. The molecule has 0 aromatic heterocycles. The summed E-state index contributed by atoms with van der Waals surface area (Å²) in [5.74, 6) is -0.860. The molecule has 0 aliphatic carbocycles. The van der Waals surface area contributed by atoms with Crippen LogP contribution in [-0.2, 0) is 4.79 Å². The van der Waals surface area contributed by atoms with Crippen LogP contribution in [0.25, 0.3) is 0 Å². The summed E-state index contributed by atoms with van der Waals surface area (Å²) in [4.78, 5) is 11.7. The molecular weight excluding hydrogens is 318 g/mol. The monoisotopic (exact) mass is 349 g/mol. The van der Waals surface area contributed by atoms with Crippen LogP contribution in [0.4, 0.5) is 0 Å². The van der Waals surface area contributed by atoms with Crippen molar-refractivity contribution in [3.8, 4) is 0 Å². The highest BCUT2D eigenvalue weighted by Gasteiger charge is 2.34. The van der Waals surface area contributed by atoms with Crippen molar-refractivity contribution in [1.82, 2.24) is 5.32 Å². The predicted octanol–water partition coefficient (Wildman–Crippen LogP) is -0.858. The van der Waals surface area contributed by atoms with E-state index in [-0.39, 0.29) is 11.6 Å². The average Bonchev–Trinajstić information content (AvgIpc) is 2.46. The van der Waals surface area contributed by atoms with Crippen LogP contribution in [0.5, 0.6) is 0 Å². The zero-order valence-corrected chi connectivity index (χ0v) is 15.5. The molecule has 0 heterocycles. The molecule has 4 atom stereocenters. The van der Waals surface area contributed by atoms with Crippen LogP contribution in [0.2, 0.25) is 18.1 Å². The second-order valence-corrected chi connectivity index (χ2v) is 12.6. The van der Waals surface area contributed by atoms with Gasteiger partial charge in [-0.15, -0.1) is 0 Å². The third-order valence-electron chi connectivity index (χ3n) is 4.38. The van der Waals surface area contributed by atoms with Crippen LogP contribution in [0.3, 0.4) is 0 Å². The Labute approximate surface area is 138 Å². The van der Waals surface area contributed by atoms with E-state index in [1.54, 1.807) is 0 Å². The van der Waals surface area contributed by atoms with E-state index in [1.807, 2.05) is 6.08 Å². The molecular formula is C15H31NO6Si. The summed E-state index contributed by atoms with van der Waals surface area (Å²) in [5, 5.41) is 49.2. The Morgan fingerprint density at radius 2 is 1.65 bits per heavy atom. The Kier molecular flexibility index (Phi) is 8.61. The Bertz CT molecular complexity index is 407. The summed E-state index contributed by atoms with van der Waals surface area (Å²) in [6.45, 7) is 10.3. The molecule has 0 unspecified atom stereocenters. The molecule has 1 amide bonds. The minimum atomic E-state index is -1.90. The van der Waals surface area contributed by atoms with E-state index in [2.05, 4.69) is 44.9 Å². The molecule has 0 saturated carbocycles. The van der Waals surface area contributed by atoms with Crippen molar-refractivity contribution in [1.29, 1.82) is 0 Å². The van der Waals surface area contributed by atoms with Gasteiger partial charge in [-0.2, -0.15) is 0 Å². The number of carbonyl (C=O) groups excluding carboxylic acids is 1. The topological polar surface area (TPSA) is 130 Å². The van der Waals surface area contributed by atoms with Gasteiger partial charge in [0.05, 0.1) is 14.7 Å². The van der Waals surface area contributed by atoms with Crippen LogP contribution in [0.1, 0.15) is 20.8 Å². The lowest BCUT2D eigenvalue weighted by molar-refractivity contribution is -0.148. The molecule has 7 nitrogen and oxygen atoms in total. The van der Waals surface area contributed by atoms with Crippen LogP contribution in [0, 0.1) is 0 Å². The first kappa shape index (κ1) is 22.2. The average molecular weight is 350 g/mol. The van der Waals surface area contributed by atoms with E-state index in [0.29, 0.717) is 0 Å². The second kappa shape index (κ2) is 8.91. The largest absolute Gasteiger partial charge is 0.394 e. The molecule has 0 aliphatic rings. The summed E-state index contributed by atoms with van der Waals surface area (Å²) in [7, 11) is -1.61. The van der Waals surface area contributed by atoms with E-state index in [0.717, 1.165) is 0 Å². The number of aliphatic hydroxyl groups excluding tert-OH is 5. The van der Waals surface area contributed by atoms with Crippen molar-refractivity contribution in [3.05, 3.63) is 11.8 Å². The van der Waals surface area contributed by atoms with Gasteiger partial charge < -0.3 is 30.8 Å². The van der Waals surface area contributed by atoms with Crippen molar-refractivity contribution in [3.63, 3.8) is 0 Å². The van der Waals surface area contributed by atoms with Crippen LogP contribution in [0.15, 0.2) is 11.8 Å². The summed E-state index contributed by atoms with van der Waals surface area (Å²) in [6, 6.07) is 0. The van der Waals surface area contributed by atoms with Gasteiger partial charge in [0.25, 0.3) is 5.91 Å². The summed E-state index contributed by atoms with van der Waals surface area (Å²) in [6.07, 6.45) is -5.42. The molecule has 0 aromatic rings. The van der Waals surface area contributed by atoms with E-state index in [4.69, 9.17) is 5.11 Å². The lowest BCUT2D eigenvalue weighted by Crippen LogP contribution is -2.51. The number of carbonyl (C=O) groups is 1. The maximum absolute atomic E-state index is 11.7. The van der Waals surface area contributed by atoms with Gasteiger partial charge in [0.1, 0.15) is 18.3 Å². The van der Waals surface area contributed by atoms with Gasteiger partial charge in [-0.05, 0) is 5.04 Å². The lowest BCUT2D eigenvalue weighted by atomic mass is 10.0. The van der Waals surface area contributed by atoms with Crippen molar-refractivity contribution in [2.45, 2.75) is 63.3 Å². The molecule has 0 saturated heterocycles. The highest BCUT2D eigenvalue weighted by molar-refractivity contribution is 6.84. The van der Waals surface area contributed by atoms with Crippen molar-refractivity contribution in [2.24, 2.45) is 0 Å². The summed E-state index contributed by atoms with van der Waals surface area (Å²) >= 11 is 0. The Morgan fingerprint density at radius 1 is 1.13 bits per heavy atom. The second-order valence-electron chi connectivity index (χ2n) is 7.30. The van der Waals surface area contributed by atoms with Gasteiger partial charge in [0, 0.05) is 6.54 Å². The predicted molar refractivity (Wildman–Crippen MR) is 90.5 cm³/mol. The Morgan fingerprint density at radius 3 is 2.09 bits per heavy atom. The van der Waals surface area contributed by atoms with Gasteiger partial charge in [0.15, 0.2) is 6.10 Å². The highest BCUT2D eigenvalue weighted by Crippen LogP contribution is 2.36. The summed E-state index contributed by atoms with van der Waals surface area (Å²) in [5.41, 5.74) is 2.10. The van der Waals surface area contributed by atoms with E-state index >= 15 is 0 Å². The van der Waals surface area contributed by atoms with Gasteiger partial charge in [-0.25, -0.2) is 0 Å². The minimum absolute atomic E-state index is 0.174. The van der Waals surface area contributed by atoms with Gasteiger partial charge in [-0.3, -0.25) is 4.79 Å². The molecule has 0 bridgehead atoms. The number of rotatable bonds is 8. The van der Waals surface area contributed by atoms with Crippen molar-refractivity contribution < 1.29 is 30.3 Å². The summed E-state index contributed by atoms with van der Waals surface area (Å²) < 4.78 is 0. The van der Waals surface area contributed by atoms with Crippen LogP contribution in [-0.4, -0.2) is 77.1 Å². The fourth-order valence-corrected chi connectivity index (χ4v) is 2.75. The lowest BCUT2D eigenvalue weighted by Gasteiger charge is -2.34. The minimum Gasteiger partial charge on any atom is -0.394 e. The zero-order valence-electron chi connectivity index (χ0n) is 14.5.